The number of aliphatic hydroxyl groups is 1. The Labute approximate surface area is 116 Å². The first-order valence-electron chi connectivity index (χ1n) is 6.04. The summed E-state index contributed by atoms with van der Waals surface area (Å²) < 4.78 is 39.7. The average molecular weight is 308 g/mol. The Morgan fingerprint density at radius 3 is 2.74 bits per heavy atom. The van der Waals surface area contributed by atoms with Crippen molar-refractivity contribution in [1.82, 2.24) is 4.72 Å². The van der Waals surface area contributed by atoms with Gasteiger partial charge in [0.05, 0.1) is 16.0 Å². The van der Waals surface area contributed by atoms with E-state index in [1.54, 1.807) is 0 Å². The van der Waals surface area contributed by atoms with E-state index < -0.39 is 21.9 Å². The Kier molecular flexibility index (Phi) is 4.45. The lowest BCUT2D eigenvalue weighted by molar-refractivity contribution is 0.117. The Morgan fingerprint density at radius 1 is 1.37 bits per heavy atom. The van der Waals surface area contributed by atoms with Gasteiger partial charge < -0.3 is 5.11 Å². The third-order valence-electron chi connectivity index (χ3n) is 3.17. The van der Waals surface area contributed by atoms with Gasteiger partial charge in [-0.05, 0) is 43.9 Å². The fourth-order valence-corrected chi connectivity index (χ4v) is 3.76. The van der Waals surface area contributed by atoms with Crippen LogP contribution in [0.5, 0.6) is 0 Å². The van der Waals surface area contributed by atoms with E-state index >= 15 is 0 Å². The Bertz CT molecular complexity index is 564. The fraction of sp³-hybridized carbons (Fsp3) is 0.500. The lowest BCUT2D eigenvalue weighted by atomic mass is 9.94. The molecule has 0 saturated heterocycles. The largest absolute Gasteiger partial charge is 0.393 e. The van der Waals surface area contributed by atoms with Crippen molar-refractivity contribution in [3.63, 3.8) is 0 Å². The molecule has 4 nitrogen and oxygen atoms in total. The summed E-state index contributed by atoms with van der Waals surface area (Å²) in [7, 11) is -3.73. The standard InChI is InChI=1S/C12H15ClFNO3S/c13-11-7-10(4-5-12(11)14)19(17,18)15-8-2-1-3-9(16)6-8/h4-5,7-9,15-16H,1-3,6H2/t8-,9-/m1/s1. The van der Waals surface area contributed by atoms with Gasteiger partial charge in [-0.25, -0.2) is 17.5 Å². The number of halogens is 2. The molecular formula is C12H15ClFNO3S. The van der Waals surface area contributed by atoms with Crippen molar-refractivity contribution in [2.24, 2.45) is 0 Å². The van der Waals surface area contributed by atoms with Crippen LogP contribution in [0.15, 0.2) is 23.1 Å². The number of aliphatic hydroxyl groups excluding tert-OH is 1. The SMILES string of the molecule is O=S(=O)(N[C@@H]1CCC[C@@H](O)C1)c1ccc(F)c(Cl)c1. The highest BCUT2D eigenvalue weighted by molar-refractivity contribution is 7.89. The minimum atomic E-state index is -3.73. The quantitative estimate of drug-likeness (QED) is 0.898. The maximum atomic E-state index is 13.0. The summed E-state index contributed by atoms with van der Waals surface area (Å²) in [6.45, 7) is 0. The van der Waals surface area contributed by atoms with E-state index in [1.165, 1.54) is 6.07 Å². The predicted molar refractivity (Wildman–Crippen MR) is 70.0 cm³/mol. The maximum Gasteiger partial charge on any atom is 0.240 e. The number of hydrogen-bond donors (Lipinski definition) is 2. The molecule has 1 fully saturated rings. The van der Waals surface area contributed by atoms with E-state index in [0.717, 1.165) is 18.6 Å². The summed E-state index contributed by atoms with van der Waals surface area (Å²) in [4.78, 5) is -0.0704. The second-order valence-corrected chi connectivity index (χ2v) is 6.84. The summed E-state index contributed by atoms with van der Waals surface area (Å²) in [5, 5.41) is 9.29. The maximum absolute atomic E-state index is 13.0. The van der Waals surface area contributed by atoms with E-state index in [-0.39, 0.29) is 16.0 Å². The number of nitrogens with one attached hydrogen (secondary N) is 1. The van der Waals surface area contributed by atoms with Crippen LogP contribution in [0.1, 0.15) is 25.7 Å². The molecule has 19 heavy (non-hydrogen) atoms. The fourth-order valence-electron chi connectivity index (χ4n) is 2.20. The first-order valence-corrected chi connectivity index (χ1v) is 7.90. The van der Waals surface area contributed by atoms with Crippen LogP contribution in [0.2, 0.25) is 5.02 Å². The molecule has 2 atom stereocenters. The minimum absolute atomic E-state index is 0.0704. The molecule has 0 radical (unpaired) electrons. The molecule has 0 aliphatic heterocycles. The Balaban J connectivity index is 2.15. The molecular weight excluding hydrogens is 293 g/mol. The van der Waals surface area contributed by atoms with Crippen LogP contribution in [0.25, 0.3) is 0 Å². The van der Waals surface area contributed by atoms with Gasteiger partial charge in [-0.3, -0.25) is 0 Å². The van der Waals surface area contributed by atoms with Gasteiger partial charge in [0.1, 0.15) is 5.82 Å². The zero-order chi connectivity index (χ0) is 14.0. The molecule has 1 aromatic carbocycles. The van der Waals surface area contributed by atoms with Crippen LogP contribution >= 0.6 is 11.6 Å². The Hall–Kier alpha value is -0.690. The molecule has 0 spiro atoms. The molecule has 2 N–H and O–H groups in total. The van der Waals surface area contributed by atoms with Crippen molar-refractivity contribution in [2.75, 3.05) is 0 Å². The smallest absolute Gasteiger partial charge is 0.240 e. The normalized spacial score (nSPS) is 24.4. The second kappa shape index (κ2) is 5.75. The van der Waals surface area contributed by atoms with Crippen molar-refractivity contribution in [2.45, 2.75) is 42.7 Å². The Morgan fingerprint density at radius 2 is 2.11 bits per heavy atom. The molecule has 106 valence electrons. The lowest BCUT2D eigenvalue weighted by Gasteiger charge is -2.26. The van der Waals surface area contributed by atoms with Crippen molar-refractivity contribution in [1.29, 1.82) is 0 Å². The zero-order valence-electron chi connectivity index (χ0n) is 10.1. The third-order valence-corrected chi connectivity index (χ3v) is 4.98. The number of benzene rings is 1. The van der Waals surface area contributed by atoms with Crippen LogP contribution in [0.3, 0.4) is 0 Å². The highest BCUT2D eigenvalue weighted by atomic mass is 35.5. The van der Waals surface area contributed by atoms with Crippen molar-refractivity contribution < 1.29 is 17.9 Å². The molecule has 0 aromatic heterocycles. The summed E-state index contributed by atoms with van der Waals surface area (Å²) >= 11 is 5.58. The van der Waals surface area contributed by atoms with Crippen molar-refractivity contribution in [3.05, 3.63) is 29.0 Å². The number of rotatable bonds is 3. The number of hydrogen-bond acceptors (Lipinski definition) is 3. The molecule has 1 aliphatic carbocycles. The molecule has 0 heterocycles. The molecule has 1 saturated carbocycles. The summed E-state index contributed by atoms with van der Waals surface area (Å²) in [5.74, 6) is -0.659. The van der Waals surface area contributed by atoms with Gasteiger partial charge in [0.25, 0.3) is 0 Å². The number of sulfonamides is 1. The van der Waals surface area contributed by atoms with E-state index in [9.17, 15) is 17.9 Å². The lowest BCUT2D eigenvalue weighted by Crippen LogP contribution is -2.39. The van der Waals surface area contributed by atoms with Gasteiger partial charge in [-0.15, -0.1) is 0 Å². The van der Waals surface area contributed by atoms with Crippen LogP contribution in [0, 0.1) is 5.82 Å². The van der Waals surface area contributed by atoms with Crippen LogP contribution in [0.4, 0.5) is 4.39 Å². The monoisotopic (exact) mass is 307 g/mol. The van der Waals surface area contributed by atoms with Crippen LogP contribution in [-0.2, 0) is 10.0 Å². The topological polar surface area (TPSA) is 66.4 Å². The molecule has 0 amide bonds. The first-order chi connectivity index (χ1) is 8.88. The average Bonchev–Trinajstić information content (AvgIpc) is 2.32. The molecule has 0 unspecified atom stereocenters. The van der Waals surface area contributed by atoms with Gasteiger partial charge in [0.2, 0.25) is 10.0 Å². The van der Waals surface area contributed by atoms with Gasteiger partial charge in [0, 0.05) is 6.04 Å². The molecule has 1 aliphatic rings. The summed E-state index contributed by atoms with van der Waals surface area (Å²) in [6, 6.07) is 2.98. The zero-order valence-corrected chi connectivity index (χ0v) is 11.7. The van der Waals surface area contributed by atoms with E-state index in [4.69, 9.17) is 11.6 Å². The first kappa shape index (κ1) is 14.7. The molecule has 2 rings (SSSR count). The highest BCUT2D eigenvalue weighted by Gasteiger charge is 2.25. The molecule has 7 heteroatoms. The predicted octanol–water partition coefficient (Wildman–Crippen LogP) is 2.06. The van der Waals surface area contributed by atoms with E-state index in [2.05, 4.69) is 4.72 Å². The minimum Gasteiger partial charge on any atom is -0.393 e. The van der Waals surface area contributed by atoms with Gasteiger partial charge in [-0.2, -0.15) is 0 Å². The van der Waals surface area contributed by atoms with Gasteiger partial charge in [-0.1, -0.05) is 11.6 Å². The van der Waals surface area contributed by atoms with Crippen LogP contribution < -0.4 is 4.72 Å². The van der Waals surface area contributed by atoms with Gasteiger partial charge >= 0.3 is 0 Å². The third kappa shape index (κ3) is 3.66. The molecule has 1 aromatic rings. The second-order valence-electron chi connectivity index (χ2n) is 4.71. The highest BCUT2D eigenvalue weighted by Crippen LogP contribution is 2.23. The van der Waals surface area contributed by atoms with Gasteiger partial charge in [0.15, 0.2) is 0 Å². The van der Waals surface area contributed by atoms with Crippen molar-refractivity contribution >= 4 is 21.6 Å². The van der Waals surface area contributed by atoms with Crippen LogP contribution in [-0.4, -0.2) is 25.7 Å². The van der Waals surface area contributed by atoms with E-state index in [0.29, 0.717) is 19.3 Å². The van der Waals surface area contributed by atoms with E-state index in [1.807, 2.05) is 0 Å². The summed E-state index contributed by atoms with van der Waals surface area (Å²) in [5.41, 5.74) is 0. The summed E-state index contributed by atoms with van der Waals surface area (Å²) in [6.07, 6.45) is 2.08. The molecule has 0 bridgehead atoms. The van der Waals surface area contributed by atoms with Crippen molar-refractivity contribution in [3.8, 4) is 0 Å².